The molecule has 0 atom stereocenters. The van der Waals surface area contributed by atoms with Crippen LogP contribution in [0.15, 0.2) is 18.2 Å². The van der Waals surface area contributed by atoms with Gasteiger partial charge >= 0.3 is 12.1 Å². The fraction of sp³-hybridized carbons (Fsp3) is 0.652. The highest BCUT2D eigenvalue weighted by atomic mass is 35.5. The van der Waals surface area contributed by atoms with Gasteiger partial charge in [0, 0.05) is 6.42 Å². The van der Waals surface area contributed by atoms with Gasteiger partial charge in [0.15, 0.2) is 0 Å². The van der Waals surface area contributed by atoms with Crippen molar-refractivity contribution in [3.63, 3.8) is 0 Å². The third-order valence-electron chi connectivity index (χ3n) is 6.58. The Morgan fingerprint density at radius 2 is 1.66 bits per heavy atom. The minimum Gasteiger partial charge on any atom is -0.434 e. The van der Waals surface area contributed by atoms with Gasteiger partial charge in [0.1, 0.15) is 17.6 Å². The molecule has 5 nitrogen and oxygen atoms in total. The number of hydrogen-bond donors (Lipinski definition) is 0. The minimum atomic E-state index is -0.582. The van der Waals surface area contributed by atoms with E-state index in [1.165, 1.54) is 43.2 Å². The van der Waals surface area contributed by atoms with E-state index in [1.54, 1.807) is 13.8 Å². The molecule has 1 aromatic rings. The normalized spacial score (nSPS) is 28.9. The molecular weight excluding hydrogens is 392 g/mol. The van der Waals surface area contributed by atoms with Gasteiger partial charge in [-0.1, -0.05) is 24.6 Å². The molecule has 5 rings (SSSR count). The third-order valence-corrected chi connectivity index (χ3v) is 6.75. The highest BCUT2D eigenvalue weighted by Crippen LogP contribution is 2.60. The first kappa shape index (κ1) is 21.9. The van der Waals surface area contributed by atoms with E-state index in [-0.39, 0.29) is 0 Å². The number of halogens is 1. The fourth-order valence-corrected chi connectivity index (χ4v) is 5.86. The van der Waals surface area contributed by atoms with Gasteiger partial charge < -0.3 is 13.8 Å². The van der Waals surface area contributed by atoms with Crippen molar-refractivity contribution in [2.75, 3.05) is 6.61 Å². The van der Waals surface area contributed by atoms with Gasteiger partial charge in [0.2, 0.25) is 0 Å². The Kier molecular flexibility index (Phi) is 7.44. The molecule has 4 saturated carbocycles. The van der Waals surface area contributed by atoms with E-state index in [4.69, 9.17) is 9.47 Å². The molecule has 0 N–H and O–H groups in total. The maximum Gasteiger partial charge on any atom is 0.513 e. The average Bonchev–Trinajstić information content (AvgIpc) is 2.69. The zero-order valence-corrected chi connectivity index (χ0v) is 18.2. The van der Waals surface area contributed by atoms with Crippen LogP contribution in [0.1, 0.15) is 69.4 Å². The summed E-state index contributed by atoms with van der Waals surface area (Å²) < 4.78 is 14.2. The van der Waals surface area contributed by atoms with Crippen LogP contribution in [0.5, 0.6) is 5.75 Å². The number of hydrogen-bond acceptors (Lipinski definition) is 5. The van der Waals surface area contributed by atoms with Gasteiger partial charge in [-0.2, -0.15) is 0 Å². The Morgan fingerprint density at radius 3 is 2.14 bits per heavy atom. The van der Waals surface area contributed by atoms with Crippen LogP contribution in [-0.4, -0.2) is 18.7 Å². The van der Waals surface area contributed by atoms with Crippen molar-refractivity contribution in [1.82, 2.24) is 0 Å². The molecule has 0 amide bonds. The third kappa shape index (κ3) is 5.25. The Hall–Kier alpha value is -1.75. The molecule has 6 heteroatoms. The highest BCUT2D eigenvalue weighted by Gasteiger charge is 2.49. The van der Waals surface area contributed by atoms with Gasteiger partial charge in [-0.25, -0.2) is 4.79 Å². The van der Waals surface area contributed by atoms with Crippen molar-refractivity contribution < 1.29 is 23.4 Å². The predicted molar refractivity (Wildman–Crippen MR) is 111 cm³/mol. The number of carbonyl (C=O) groups excluding carboxylic acids is 2. The Balaban J connectivity index is 0.000000353. The van der Waals surface area contributed by atoms with E-state index in [2.05, 4.69) is 29.1 Å². The predicted octanol–water partition coefficient (Wildman–Crippen LogP) is 6.16. The van der Waals surface area contributed by atoms with Crippen molar-refractivity contribution in [2.45, 2.75) is 65.2 Å². The van der Waals surface area contributed by atoms with Crippen LogP contribution in [0.2, 0.25) is 0 Å². The second-order valence-corrected chi connectivity index (χ2v) is 8.74. The van der Waals surface area contributed by atoms with Gasteiger partial charge in [0.05, 0.1) is 6.61 Å². The first-order valence-electron chi connectivity index (χ1n) is 10.7. The van der Waals surface area contributed by atoms with E-state index < -0.39 is 12.1 Å². The van der Waals surface area contributed by atoms with Crippen molar-refractivity contribution in [2.24, 2.45) is 23.7 Å². The van der Waals surface area contributed by atoms with Crippen LogP contribution in [0.25, 0.3) is 0 Å². The lowest BCUT2D eigenvalue weighted by Crippen LogP contribution is -2.43. The number of aryl methyl sites for hydroxylation is 1. The summed E-state index contributed by atoms with van der Waals surface area (Å²) in [5.74, 6) is 4.34. The lowest BCUT2D eigenvalue weighted by molar-refractivity contribution is -0.133. The van der Waals surface area contributed by atoms with Crippen LogP contribution >= 0.6 is 11.9 Å². The molecule has 29 heavy (non-hydrogen) atoms. The molecule has 0 heterocycles. The van der Waals surface area contributed by atoms with E-state index >= 15 is 0 Å². The van der Waals surface area contributed by atoms with Gasteiger partial charge in [0.25, 0.3) is 0 Å². The number of ether oxygens (including phenoxy) is 2. The zero-order valence-electron chi connectivity index (χ0n) is 17.5. The molecule has 4 aliphatic carbocycles. The first-order chi connectivity index (χ1) is 13.9. The van der Waals surface area contributed by atoms with Crippen molar-refractivity contribution in [3.8, 4) is 5.75 Å². The molecule has 0 aliphatic heterocycles. The Morgan fingerprint density at radius 1 is 1.03 bits per heavy atom. The second kappa shape index (κ2) is 9.84. The number of benzene rings is 1. The minimum absolute atomic E-state index is 0.337. The molecule has 0 saturated heterocycles. The first-order valence-corrected chi connectivity index (χ1v) is 11.0. The van der Waals surface area contributed by atoms with Gasteiger partial charge in [-0.15, -0.1) is 0 Å². The lowest BCUT2D eigenvalue weighted by atomic mass is 9.50. The summed E-state index contributed by atoms with van der Waals surface area (Å²) in [5, 5.41) is 0. The molecule has 4 bridgehead atoms. The molecule has 0 unspecified atom stereocenters. The summed E-state index contributed by atoms with van der Waals surface area (Å²) in [4.78, 5) is 21.6. The lowest BCUT2D eigenvalue weighted by Gasteiger charge is -2.54. The van der Waals surface area contributed by atoms with Crippen LogP contribution < -0.4 is 4.74 Å². The average molecular weight is 423 g/mol. The van der Waals surface area contributed by atoms with Crippen LogP contribution in [0, 0.1) is 30.6 Å². The van der Waals surface area contributed by atoms with Gasteiger partial charge in [-0.05, 0) is 87.2 Å². The molecular formula is C23H31ClO5. The van der Waals surface area contributed by atoms with Crippen LogP contribution in [0.4, 0.5) is 4.79 Å². The van der Waals surface area contributed by atoms with Crippen LogP contribution in [0.3, 0.4) is 0 Å². The number of rotatable bonds is 4. The summed E-state index contributed by atoms with van der Waals surface area (Å²) in [6, 6.07) is 6.21. The molecule has 4 aliphatic rings. The summed E-state index contributed by atoms with van der Waals surface area (Å²) in [5.41, 5.74) is 2.48. The molecule has 0 aromatic heterocycles. The number of carbonyl (C=O) groups is 2. The SMILES string of the molecule is CCC(=O)OCl.CCOC(=O)Oc1ccc(C)cc1C1C2CC3CC(C2)CC1C3. The van der Waals surface area contributed by atoms with Crippen molar-refractivity contribution >= 4 is 24.0 Å². The Labute approximate surface area is 178 Å². The summed E-state index contributed by atoms with van der Waals surface area (Å²) in [6.45, 7) is 5.94. The van der Waals surface area contributed by atoms with E-state index in [9.17, 15) is 9.59 Å². The highest BCUT2D eigenvalue weighted by molar-refractivity contribution is 6.13. The van der Waals surface area contributed by atoms with Crippen LogP contribution in [-0.2, 0) is 13.8 Å². The second-order valence-electron chi connectivity index (χ2n) is 8.59. The maximum atomic E-state index is 11.8. The molecule has 0 spiro atoms. The summed E-state index contributed by atoms with van der Waals surface area (Å²) in [7, 11) is 0. The molecule has 1 aromatic carbocycles. The smallest absolute Gasteiger partial charge is 0.434 e. The fourth-order valence-electron chi connectivity index (χ4n) is 5.75. The molecule has 160 valence electrons. The largest absolute Gasteiger partial charge is 0.513 e. The monoisotopic (exact) mass is 422 g/mol. The van der Waals surface area contributed by atoms with E-state index in [0.29, 0.717) is 24.7 Å². The molecule has 0 radical (unpaired) electrons. The topological polar surface area (TPSA) is 61.8 Å². The van der Waals surface area contributed by atoms with Crippen molar-refractivity contribution in [1.29, 1.82) is 0 Å². The quantitative estimate of drug-likeness (QED) is 0.429. The van der Waals surface area contributed by atoms with E-state index in [1.807, 2.05) is 12.1 Å². The summed E-state index contributed by atoms with van der Waals surface area (Å²) in [6.07, 6.45) is 6.67. The maximum absolute atomic E-state index is 11.8. The van der Waals surface area contributed by atoms with Gasteiger partial charge in [-0.3, -0.25) is 4.79 Å². The standard InChI is InChI=1S/C20H26O3.C3H5ClO2/c1-3-22-20(21)23-18-5-4-12(2)6-17(18)19-15-8-13-7-14(10-15)11-16(19)9-13;1-2-3(5)6-4/h4-6,13-16,19H,3,7-11H2,1-2H3;2H2,1H3. The zero-order chi connectivity index (χ0) is 21.0. The summed E-state index contributed by atoms with van der Waals surface area (Å²) >= 11 is 4.60. The molecule has 4 fully saturated rings. The van der Waals surface area contributed by atoms with E-state index in [0.717, 1.165) is 23.7 Å². The van der Waals surface area contributed by atoms with Crippen molar-refractivity contribution in [3.05, 3.63) is 29.3 Å². The Bertz CT molecular complexity index is 698.